The summed E-state index contributed by atoms with van der Waals surface area (Å²) in [6.45, 7) is 2.56. The zero-order valence-electron chi connectivity index (χ0n) is 19.6. The Labute approximate surface area is 209 Å². The Balaban J connectivity index is 1.40. The number of pyridine rings is 1. The number of fused-ring (bicyclic) bond motifs is 2. The number of aromatic nitrogens is 3. The topological polar surface area (TPSA) is 115 Å². The molecule has 188 valence electrons. The van der Waals surface area contributed by atoms with Gasteiger partial charge in [0.05, 0.1) is 5.56 Å². The molecule has 2 aromatic carbocycles. The van der Waals surface area contributed by atoms with Crippen LogP contribution in [0.15, 0.2) is 60.8 Å². The lowest BCUT2D eigenvalue weighted by molar-refractivity contribution is -0.137. The zero-order valence-corrected chi connectivity index (χ0v) is 19.6. The number of benzene rings is 2. The van der Waals surface area contributed by atoms with Gasteiger partial charge in [0.15, 0.2) is 0 Å². The van der Waals surface area contributed by atoms with E-state index in [4.69, 9.17) is 5.73 Å². The summed E-state index contributed by atoms with van der Waals surface area (Å²) in [5.41, 5.74) is 9.39. The lowest BCUT2D eigenvalue weighted by Crippen LogP contribution is -2.14. The van der Waals surface area contributed by atoms with Gasteiger partial charge in [0, 0.05) is 29.6 Å². The summed E-state index contributed by atoms with van der Waals surface area (Å²) in [5, 5.41) is 10.4. The van der Waals surface area contributed by atoms with Crippen LogP contribution in [0.2, 0.25) is 0 Å². The summed E-state index contributed by atoms with van der Waals surface area (Å²) in [5.74, 6) is -0.713. The second-order valence-corrected chi connectivity index (χ2v) is 8.66. The van der Waals surface area contributed by atoms with Crippen LogP contribution in [0.1, 0.15) is 37.4 Å². The molecule has 0 spiro atoms. The van der Waals surface area contributed by atoms with Gasteiger partial charge in [0.25, 0.3) is 11.8 Å². The molecule has 1 aliphatic heterocycles. The first kappa shape index (κ1) is 24.0. The standard InChI is InChI=1S/C26H21F3N6O2/c1-14-2-8-19-17(12-14)10-11-35-24(32-19)21(23(30)36)22(34-35)15-3-5-16(6-4-15)25(37)33-20-9-7-18(13-31-20)26(27,28)29/h2-9,12-13,32H,10-11H2,1H3,(H2,30,36)(H,31,33,37). The number of amides is 2. The van der Waals surface area contributed by atoms with E-state index in [1.807, 2.05) is 19.1 Å². The van der Waals surface area contributed by atoms with Crippen molar-refractivity contribution >= 4 is 29.1 Å². The molecule has 37 heavy (non-hydrogen) atoms. The average molecular weight is 506 g/mol. The molecule has 0 radical (unpaired) electrons. The van der Waals surface area contributed by atoms with Crippen LogP contribution in [0.5, 0.6) is 0 Å². The summed E-state index contributed by atoms with van der Waals surface area (Å²) >= 11 is 0. The Morgan fingerprint density at radius 3 is 2.49 bits per heavy atom. The van der Waals surface area contributed by atoms with E-state index >= 15 is 0 Å². The van der Waals surface area contributed by atoms with Gasteiger partial charge in [-0.25, -0.2) is 9.67 Å². The Morgan fingerprint density at radius 1 is 1.08 bits per heavy atom. The van der Waals surface area contributed by atoms with E-state index in [-0.39, 0.29) is 16.9 Å². The molecule has 0 saturated heterocycles. The van der Waals surface area contributed by atoms with E-state index in [2.05, 4.69) is 26.8 Å². The number of alkyl halides is 3. The number of carbonyl (C=O) groups is 2. The van der Waals surface area contributed by atoms with Crippen molar-refractivity contribution < 1.29 is 22.8 Å². The molecule has 11 heteroatoms. The fourth-order valence-electron chi connectivity index (χ4n) is 4.19. The normalized spacial score (nSPS) is 12.6. The van der Waals surface area contributed by atoms with Crippen LogP contribution in [-0.2, 0) is 19.1 Å². The number of primary amides is 1. The van der Waals surface area contributed by atoms with Crippen LogP contribution in [0.4, 0.5) is 30.5 Å². The number of nitrogens with two attached hydrogens (primary N) is 1. The molecule has 0 saturated carbocycles. The van der Waals surface area contributed by atoms with Gasteiger partial charge in [-0.2, -0.15) is 18.3 Å². The van der Waals surface area contributed by atoms with E-state index in [9.17, 15) is 22.8 Å². The molecule has 0 fully saturated rings. The van der Waals surface area contributed by atoms with Gasteiger partial charge in [-0.05, 0) is 49.2 Å². The summed E-state index contributed by atoms with van der Waals surface area (Å²) < 4.78 is 39.8. The van der Waals surface area contributed by atoms with Crippen molar-refractivity contribution in [3.63, 3.8) is 0 Å². The van der Waals surface area contributed by atoms with Crippen molar-refractivity contribution in [2.75, 3.05) is 10.6 Å². The summed E-state index contributed by atoms with van der Waals surface area (Å²) in [7, 11) is 0. The third-order valence-corrected chi connectivity index (χ3v) is 6.06. The molecule has 0 unspecified atom stereocenters. The van der Waals surface area contributed by atoms with Crippen molar-refractivity contribution in [1.29, 1.82) is 0 Å². The van der Waals surface area contributed by atoms with Gasteiger partial charge in [-0.3, -0.25) is 9.59 Å². The SMILES string of the molecule is Cc1ccc2c(c1)CCn1nc(-c3ccc(C(=O)Nc4ccc(C(F)(F)F)cn4)cc3)c(C(N)=O)c1N2. The van der Waals surface area contributed by atoms with E-state index in [1.54, 1.807) is 16.8 Å². The molecule has 3 heterocycles. The highest BCUT2D eigenvalue weighted by Gasteiger charge is 2.31. The Kier molecular flexibility index (Phi) is 5.90. The minimum atomic E-state index is -4.52. The monoisotopic (exact) mass is 506 g/mol. The zero-order chi connectivity index (χ0) is 26.3. The van der Waals surface area contributed by atoms with E-state index in [1.165, 1.54) is 12.1 Å². The molecule has 2 amide bonds. The third kappa shape index (κ3) is 4.75. The van der Waals surface area contributed by atoms with Crippen LogP contribution in [0, 0.1) is 6.92 Å². The third-order valence-electron chi connectivity index (χ3n) is 6.06. The van der Waals surface area contributed by atoms with Gasteiger partial charge in [-0.1, -0.05) is 29.8 Å². The average Bonchev–Trinajstić information content (AvgIpc) is 3.13. The molecule has 0 atom stereocenters. The van der Waals surface area contributed by atoms with Crippen LogP contribution < -0.4 is 16.4 Å². The van der Waals surface area contributed by atoms with Gasteiger partial charge in [-0.15, -0.1) is 0 Å². The number of rotatable bonds is 4. The maximum atomic E-state index is 12.7. The Bertz CT molecular complexity index is 1510. The maximum absolute atomic E-state index is 12.7. The molecule has 8 nitrogen and oxygen atoms in total. The van der Waals surface area contributed by atoms with E-state index < -0.39 is 23.6 Å². The van der Waals surface area contributed by atoms with Crippen LogP contribution in [0.25, 0.3) is 11.3 Å². The second kappa shape index (κ2) is 9.08. The maximum Gasteiger partial charge on any atom is 0.417 e. The van der Waals surface area contributed by atoms with Crippen molar-refractivity contribution in [2.24, 2.45) is 5.73 Å². The lowest BCUT2D eigenvalue weighted by atomic mass is 10.0. The number of carbonyl (C=O) groups excluding carboxylic acids is 2. The highest BCUT2D eigenvalue weighted by molar-refractivity contribution is 6.06. The highest BCUT2D eigenvalue weighted by Crippen LogP contribution is 2.35. The number of nitrogens with zero attached hydrogens (tertiary/aromatic N) is 3. The van der Waals surface area contributed by atoms with Crippen molar-refractivity contribution in [3.8, 4) is 11.3 Å². The van der Waals surface area contributed by atoms with E-state index in [0.717, 1.165) is 28.9 Å². The predicted octanol–water partition coefficient (Wildman–Crippen LogP) is 4.92. The largest absolute Gasteiger partial charge is 0.417 e. The molecule has 1 aliphatic rings. The molecule has 4 N–H and O–H groups in total. The number of anilines is 3. The first-order valence-electron chi connectivity index (χ1n) is 11.3. The van der Waals surface area contributed by atoms with Crippen LogP contribution in [-0.4, -0.2) is 26.6 Å². The van der Waals surface area contributed by atoms with Crippen molar-refractivity contribution in [3.05, 3.63) is 88.6 Å². The molecule has 2 aromatic heterocycles. The number of nitrogens with one attached hydrogen (secondary N) is 2. The highest BCUT2D eigenvalue weighted by atomic mass is 19.4. The smallest absolute Gasteiger partial charge is 0.365 e. The molecule has 0 bridgehead atoms. The minimum Gasteiger partial charge on any atom is -0.365 e. The van der Waals surface area contributed by atoms with Crippen molar-refractivity contribution in [1.82, 2.24) is 14.8 Å². The summed E-state index contributed by atoms with van der Waals surface area (Å²) in [6, 6.07) is 14.2. The molecule has 4 aromatic rings. The van der Waals surface area contributed by atoms with Gasteiger partial charge in [0.1, 0.15) is 22.9 Å². The number of hydrogen-bond acceptors (Lipinski definition) is 5. The predicted molar refractivity (Wildman–Crippen MR) is 132 cm³/mol. The fraction of sp³-hybridized carbons (Fsp3) is 0.154. The van der Waals surface area contributed by atoms with E-state index in [0.29, 0.717) is 36.2 Å². The first-order valence-corrected chi connectivity index (χ1v) is 11.3. The number of hydrogen-bond donors (Lipinski definition) is 3. The van der Waals surface area contributed by atoms with Crippen LogP contribution >= 0.6 is 0 Å². The van der Waals surface area contributed by atoms with Gasteiger partial charge >= 0.3 is 6.18 Å². The lowest BCUT2D eigenvalue weighted by Gasteiger charge is -2.10. The van der Waals surface area contributed by atoms with Gasteiger partial charge in [0.2, 0.25) is 0 Å². The van der Waals surface area contributed by atoms with Crippen LogP contribution in [0.3, 0.4) is 0 Å². The quantitative estimate of drug-likeness (QED) is 0.363. The first-order chi connectivity index (χ1) is 17.6. The summed E-state index contributed by atoms with van der Waals surface area (Å²) in [4.78, 5) is 28.7. The minimum absolute atomic E-state index is 0.0162. The molecular formula is C26H21F3N6O2. The number of halogens is 3. The molecular weight excluding hydrogens is 485 g/mol. The van der Waals surface area contributed by atoms with Crippen molar-refractivity contribution in [2.45, 2.75) is 26.1 Å². The second-order valence-electron chi connectivity index (χ2n) is 8.66. The molecule has 0 aliphatic carbocycles. The van der Waals surface area contributed by atoms with Gasteiger partial charge < -0.3 is 16.4 Å². The Hall–Kier alpha value is -4.67. The summed E-state index contributed by atoms with van der Waals surface area (Å²) in [6.07, 6.45) is -3.15. The molecule has 5 rings (SSSR count). The fourth-order valence-corrected chi connectivity index (χ4v) is 4.19. The Morgan fingerprint density at radius 2 is 1.84 bits per heavy atom. The number of aryl methyl sites for hydroxylation is 3.